The Morgan fingerprint density at radius 2 is 2.11 bits per heavy atom. The molecule has 2 heterocycles. The van der Waals surface area contributed by atoms with Crippen molar-refractivity contribution in [2.75, 3.05) is 0 Å². The van der Waals surface area contributed by atoms with Crippen LogP contribution in [0.15, 0.2) is 0 Å². The molecular formula is C13H21N5O. The highest BCUT2D eigenvalue weighted by atomic mass is 16.2. The van der Waals surface area contributed by atoms with Gasteiger partial charge in [0, 0.05) is 19.0 Å². The van der Waals surface area contributed by atoms with Crippen LogP contribution in [0.5, 0.6) is 0 Å². The Kier molecular flexibility index (Phi) is 3.40. The minimum Gasteiger partial charge on any atom is -0.335 e. The van der Waals surface area contributed by atoms with Gasteiger partial charge in [0.05, 0.1) is 6.04 Å². The second-order valence-electron chi connectivity index (χ2n) is 5.55. The van der Waals surface area contributed by atoms with Crippen LogP contribution < -0.4 is 10.6 Å². The number of fused-ring (bicyclic) bond motifs is 1. The SMILES string of the molecule is CC(NC(=O)NC1CCCC1)c1nnc2n1CCC2. The summed E-state index contributed by atoms with van der Waals surface area (Å²) in [5, 5.41) is 14.4. The van der Waals surface area contributed by atoms with E-state index >= 15 is 0 Å². The summed E-state index contributed by atoms with van der Waals surface area (Å²) in [6.07, 6.45) is 6.76. The van der Waals surface area contributed by atoms with Crippen molar-refractivity contribution < 1.29 is 4.79 Å². The topological polar surface area (TPSA) is 71.8 Å². The summed E-state index contributed by atoms with van der Waals surface area (Å²) >= 11 is 0. The van der Waals surface area contributed by atoms with Crippen LogP contribution in [0.4, 0.5) is 4.79 Å². The number of nitrogens with one attached hydrogen (secondary N) is 2. The zero-order valence-corrected chi connectivity index (χ0v) is 11.4. The molecule has 6 heteroatoms. The molecule has 1 aromatic rings. The Bertz CT molecular complexity index is 464. The van der Waals surface area contributed by atoms with Crippen molar-refractivity contribution in [3.63, 3.8) is 0 Å². The zero-order chi connectivity index (χ0) is 13.2. The van der Waals surface area contributed by atoms with Gasteiger partial charge >= 0.3 is 6.03 Å². The minimum absolute atomic E-state index is 0.0882. The average molecular weight is 263 g/mol. The fraction of sp³-hybridized carbons (Fsp3) is 0.769. The summed E-state index contributed by atoms with van der Waals surface area (Å²) in [5.41, 5.74) is 0. The second-order valence-corrected chi connectivity index (χ2v) is 5.55. The average Bonchev–Trinajstić information content (AvgIpc) is 3.03. The molecule has 0 saturated heterocycles. The van der Waals surface area contributed by atoms with E-state index in [1.165, 1.54) is 12.8 Å². The quantitative estimate of drug-likeness (QED) is 0.868. The number of urea groups is 1. The summed E-state index contributed by atoms with van der Waals surface area (Å²) in [6, 6.07) is 0.159. The Hall–Kier alpha value is -1.59. The number of rotatable bonds is 3. The Labute approximate surface area is 113 Å². The molecule has 2 aliphatic rings. The van der Waals surface area contributed by atoms with Gasteiger partial charge < -0.3 is 15.2 Å². The minimum atomic E-state index is -0.0965. The van der Waals surface area contributed by atoms with Gasteiger partial charge in [-0.3, -0.25) is 0 Å². The van der Waals surface area contributed by atoms with E-state index in [-0.39, 0.29) is 12.1 Å². The third-order valence-corrected chi connectivity index (χ3v) is 4.06. The van der Waals surface area contributed by atoms with Crippen LogP contribution in [-0.2, 0) is 13.0 Å². The Balaban J connectivity index is 1.58. The Morgan fingerprint density at radius 3 is 2.89 bits per heavy atom. The van der Waals surface area contributed by atoms with Crippen molar-refractivity contribution in [2.24, 2.45) is 0 Å². The highest BCUT2D eigenvalue weighted by Gasteiger charge is 2.23. The maximum atomic E-state index is 11.9. The molecule has 0 bridgehead atoms. The van der Waals surface area contributed by atoms with Crippen LogP contribution in [0, 0.1) is 0 Å². The number of amides is 2. The standard InChI is InChI=1S/C13H21N5O/c1-9(12-17-16-11-7-4-8-18(11)12)14-13(19)15-10-5-2-3-6-10/h9-10H,2-8H2,1H3,(H2,14,15,19). The maximum Gasteiger partial charge on any atom is 0.315 e. The number of hydrogen-bond acceptors (Lipinski definition) is 3. The number of aromatic nitrogens is 3. The lowest BCUT2D eigenvalue weighted by atomic mass is 10.2. The highest BCUT2D eigenvalue weighted by Crippen LogP contribution is 2.20. The van der Waals surface area contributed by atoms with Crippen molar-refractivity contribution in [3.05, 3.63) is 11.6 Å². The lowest BCUT2D eigenvalue weighted by Gasteiger charge is -2.17. The van der Waals surface area contributed by atoms with Crippen molar-refractivity contribution in [1.82, 2.24) is 25.4 Å². The van der Waals surface area contributed by atoms with Crippen LogP contribution in [0.25, 0.3) is 0 Å². The second kappa shape index (κ2) is 5.19. The monoisotopic (exact) mass is 263 g/mol. The first-order valence-corrected chi connectivity index (χ1v) is 7.23. The fourth-order valence-electron chi connectivity index (χ4n) is 3.05. The lowest BCUT2D eigenvalue weighted by Crippen LogP contribution is -2.42. The predicted molar refractivity (Wildman–Crippen MR) is 70.7 cm³/mol. The molecule has 3 rings (SSSR count). The summed E-state index contributed by atoms with van der Waals surface area (Å²) in [5.74, 6) is 1.91. The molecule has 1 atom stereocenters. The molecule has 1 saturated carbocycles. The predicted octanol–water partition coefficient (Wildman–Crippen LogP) is 1.53. The van der Waals surface area contributed by atoms with Gasteiger partial charge in [-0.25, -0.2) is 4.79 Å². The van der Waals surface area contributed by atoms with Gasteiger partial charge in [0.15, 0.2) is 5.82 Å². The van der Waals surface area contributed by atoms with Crippen LogP contribution in [0.1, 0.15) is 56.7 Å². The third kappa shape index (κ3) is 2.57. The van der Waals surface area contributed by atoms with E-state index in [0.717, 1.165) is 43.9 Å². The van der Waals surface area contributed by atoms with E-state index in [1.54, 1.807) is 0 Å². The van der Waals surface area contributed by atoms with Crippen molar-refractivity contribution in [1.29, 1.82) is 0 Å². The lowest BCUT2D eigenvalue weighted by molar-refractivity contribution is 0.233. The summed E-state index contributed by atoms with van der Waals surface area (Å²) < 4.78 is 2.13. The summed E-state index contributed by atoms with van der Waals surface area (Å²) in [7, 11) is 0. The molecule has 2 amide bonds. The molecule has 1 aliphatic heterocycles. The van der Waals surface area contributed by atoms with E-state index in [4.69, 9.17) is 0 Å². The molecule has 1 unspecified atom stereocenters. The van der Waals surface area contributed by atoms with Crippen molar-refractivity contribution >= 4 is 6.03 Å². The Morgan fingerprint density at radius 1 is 1.32 bits per heavy atom. The molecule has 104 valence electrons. The van der Waals surface area contributed by atoms with Gasteiger partial charge in [-0.05, 0) is 26.2 Å². The smallest absolute Gasteiger partial charge is 0.315 e. The first-order chi connectivity index (χ1) is 9.24. The number of nitrogens with zero attached hydrogens (tertiary/aromatic N) is 3. The van der Waals surface area contributed by atoms with Gasteiger partial charge in [-0.15, -0.1) is 10.2 Å². The van der Waals surface area contributed by atoms with Crippen LogP contribution >= 0.6 is 0 Å². The van der Waals surface area contributed by atoms with Gasteiger partial charge in [-0.2, -0.15) is 0 Å². The van der Waals surface area contributed by atoms with Gasteiger partial charge in [0.1, 0.15) is 5.82 Å². The molecule has 1 fully saturated rings. The van der Waals surface area contributed by atoms with Crippen molar-refractivity contribution in [3.8, 4) is 0 Å². The molecule has 0 spiro atoms. The first-order valence-electron chi connectivity index (χ1n) is 7.23. The van der Waals surface area contributed by atoms with E-state index in [2.05, 4.69) is 25.4 Å². The van der Waals surface area contributed by atoms with Gasteiger partial charge in [0.2, 0.25) is 0 Å². The van der Waals surface area contributed by atoms with Crippen LogP contribution in [0.3, 0.4) is 0 Å². The van der Waals surface area contributed by atoms with Crippen molar-refractivity contribution in [2.45, 2.75) is 64.1 Å². The molecule has 19 heavy (non-hydrogen) atoms. The number of hydrogen-bond donors (Lipinski definition) is 2. The molecule has 0 radical (unpaired) electrons. The molecule has 1 aliphatic carbocycles. The summed E-state index contributed by atoms with van der Waals surface area (Å²) in [4.78, 5) is 11.9. The number of carbonyl (C=O) groups is 1. The van der Waals surface area contributed by atoms with E-state index in [9.17, 15) is 4.79 Å². The first kappa shape index (κ1) is 12.4. The maximum absolute atomic E-state index is 11.9. The number of aryl methyl sites for hydroxylation is 1. The van der Waals surface area contributed by atoms with E-state index in [1.807, 2.05) is 6.92 Å². The molecule has 1 aromatic heterocycles. The van der Waals surface area contributed by atoms with Gasteiger partial charge in [-0.1, -0.05) is 12.8 Å². The molecule has 0 aromatic carbocycles. The largest absolute Gasteiger partial charge is 0.335 e. The fourth-order valence-corrected chi connectivity index (χ4v) is 3.05. The summed E-state index contributed by atoms with van der Waals surface area (Å²) in [6.45, 7) is 2.93. The van der Waals surface area contributed by atoms with Crippen LogP contribution in [0.2, 0.25) is 0 Å². The molecule has 2 N–H and O–H groups in total. The van der Waals surface area contributed by atoms with Gasteiger partial charge in [0.25, 0.3) is 0 Å². The third-order valence-electron chi connectivity index (χ3n) is 4.06. The zero-order valence-electron chi connectivity index (χ0n) is 11.4. The molecule has 6 nitrogen and oxygen atoms in total. The molecular weight excluding hydrogens is 242 g/mol. The van der Waals surface area contributed by atoms with E-state index < -0.39 is 0 Å². The van der Waals surface area contributed by atoms with Crippen LogP contribution in [-0.4, -0.2) is 26.8 Å². The number of carbonyl (C=O) groups excluding carboxylic acids is 1. The highest BCUT2D eigenvalue weighted by molar-refractivity contribution is 5.74. The normalized spacial score (nSPS) is 20.3. The van der Waals surface area contributed by atoms with E-state index in [0.29, 0.717) is 6.04 Å².